The molecule has 0 aromatic heterocycles. The molecule has 106 valence electrons. The molecule has 0 radical (unpaired) electrons. The molecule has 1 amide bonds. The van der Waals surface area contributed by atoms with Crippen LogP contribution in [0.25, 0.3) is 0 Å². The number of rotatable bonds is 5. The smallest absolute Gasteiger partial charge is 0.225 e. The van der Waals surface area contributed by atoms with Crippen LogP contribution in [-0.4, -0.2) is 49.2 Å². The van der Waals surface area contributed by atoms with Gasteiger partial charge in [0.05, 0.1) is 12.0 Å². The first-order valence-corrected chi connectivity index (χ1v) is 6.96. The molecule has 0 bridgehead atoms. The summed E-state index contributed by atoms with van der Waals surface area (Å²) >= 11 is 0. The lowest BCUT2D eigenvalue weighted by atomic mass is 9.93. The molecule has 0 aromatic carbocycles. The summed E-state index contributed by atoms with van der Waals surface area (Å²) in [6.07, 6.45) is 1.51. The Morgan fingerprint density at radius 2 is 2.17 bits per heavy atom. The number of hydrogen-bond donors (Lipinski definition) is 1. The predicted octanol–water partition coefficient (Wildman–Crippen LogP) is 1.65. The number of carbonyl (C=O) groups is 1. The summed E-state index contributed by atoms with van der Waals surface area (Å²) in [6, 6.07) is 0.550. The third-order valence-electron chi connectivity index (χ3n) is 3.85. The number of nitrogens with zero attached hydrogens (tertiary/aromatic N) is 1. The molecular weight excluding hydrogens is 228 g/mol. The molecule has 2 unspecified atom stereocenters. The summed E-state index contributed by atoms with van der Waals surface area (Å²) in [5.74, 6) is 0.733. The molecular formula is C14H28N2O2. The van der Waals surface area contributed by atoms with Gasteiger partial charge in [-0.3, -0.25) is 4.79 Å². The summed E-state index contributed by atoms with van der Waals surface area (Å²) in [6.45, 7) is 11.0. The average Bonchev–Trinajstić information content (AvgIpc) is 2.31. The second-order valence-electron chi connectivity index (χ2n) is 5.91. The van der Waals surface area contributed by atoms with E-state index in [1.807, 2.05) is 18.7 Å². The van der Waals surface area contributed by atoms with Gasteiger partial charge in [0.2, 0.25) is 5.91 Å². The largest absolute Gasteiger partial charge is 0.378 e. The zero-order valence-electron chi connectivity index (χ0n) is 12.5. The van der Waals surface area contributed by atoms with E-state index in [0.717, 1.165) is 26.1 Å². The summed E-state index contributed by atoms with van der Waals surface area (Å²) in [5, 5.41) is 3.49. The van der Waals surface area contributed by atoms with E-state index in [4.69, 9.17) is 4.74 Å². The molecule has 1 fully saturated rings. The monoisotopic (exact) mass is 256 g/mol. The number of piperidine rings is 1. The lowest BCUT2D eigenvalue weighted by Crippen LogP contribution is -2.51. The van der Waals surface area contributed by atoms with Crippen molar-refractivity contribution in [3.63, 3.8) is 0 Å². The third kappa shape index (κ3) is 4.25. The second kappa shape index (κ2) is 6.53. The van der Waals surface area contributed by atoms with Gasteiger partial charge in [-0.15, -0.1) is 0 Å². The van der Waals surface area contributed by atoms with Crippen LogP contribution in [0.1, 0.15) is 40.5 Å². The number of hydrogen-bond acceptors (Lipinski definition) is 3. The van der Waals surface area contributed by atoms with E-state index < -0.39 is 0 Å². The van der Waals surface area contributed by atoms with Crippen LogP contribution in [0.2, 0.25) is 0 Å². The van der Waals surface area contributed by atoms with Gasteiger partial charge in [-0.2, -0.15) is 0 Å². The van der Waals surface area contributed by atoms with Gasteiger partial charge in [0.25, 0.3) is 0 Å². The van der Waals surface area contributed by atoms with E-state index >= 15 is 0 Å². The molecule has 2 atom stereocenters. The Morgan fingerprint density at radius 1 is 1.50 bits per heavy atom. The standard InChI is InChI=1S/C14H28N2O2/c1-6-15-12-7-8-16(10-11(12)2)13(17)9-14(3,4)18-5/h11-12,15H,6-10H2,1-5H3. The lowest BCUT2D eigenvalue weighted by Gasteiger charge is -2.38. The first-order valence-electron chi connectivity index (χ1n) is 6.96. The fourth-order valence-electron chi connectivity index (χ4n) is 2.49. The summed E-state index contributed by atoms with van der Waals surface area (Å²) in [5.41, 5.74) is -0.362. The lowest BCUT2D eigenvalue weighted by molar-refractivity contribution is -0.138. The molecule has 1 rings (SSSR count). The molecule has 4 heteroatoms. The maximum absolute atomic E-state index is 12.2. The highest BCUT2D eigenvalue weighted by atomic mass is 16.5. The molecule has 18 heavy (non-hydrogen) atoms. The van der Waals surface area contributed by atoms with Crippen molar-refractivity contribution in [3.05, 3.63) is 0 Å². The van der Waals surface area contributed by atoms with Gasteiger partial charge in [0.15, 0.2) is 0 Å². The summed E-state index contributed by atoms with van der Waals surface area (Å²) in [4.78, 5) is 14.2. The van der Waals surface area contributed by atoms with E-state index in [1.54, 1.807) is 7.11 Å². The molecule has 1 saturated heterocycles. The van der Waals surface area contributed by atoms with Crippen LogP contribution in [0.4, 0.5) is 0 Å². The van der Waals surface area contributed by atoms with E-state index in [1.165, 1.54) is 0 Å². The van der Waals surface area contributed by atoms with Gasteiger partial charge < -0.3 is 15.0 Å². The van der Waals surface area contributed by atoms with Crippen molar-refractivity contribution in [1.29, 1.82) is 0 Å². The van der Waals surface area contributed by atoms with Crippen LogP contribution in [0.3, 0.4) is 0 Å². The van der Waals surface area contributed by atoms with E-state index in [2.05, 4.69) is 19.2 Å². The molecule has 0 spiro atoms. The second-order valence-corrected chi connectivity index (χ2v) is 5.91. The minimum Gasteiger partial charge on any atom is -0.378 e. The first kappa shape index (κ1) is 15.4. The zero-order valence-corrected chi connectivity index (χ0v) is 12.5. The molecule has 1 N–H and O–H groups in total. The number of likely N-dealkylation sites (tertiary alicyclic amines) is 1. The van der Waals surface area contributed by atoms with Crippen LogP contribution in [0.15, 0.2) is 0 Å². The zero-order chi connectivity index (χ0) is 13.8. The number of ether oxygens (including phenoxy) is 1. The quantitative estimate of drug-likeness (QED) is 0.813. The Balaban J connectivity index is 2.48. The highest BCUT2D eigenvalue weighted by Gasteiger charge is 2.30. The summed E-state index contributed by atoms with van der Waals surface area (Å²) < 4.78 is 5.33. The Kier molecular flexibility index (Phi) is 5.60. The average molecular weight is 256 g/mol. The molecule has 1 aliphatic rings. The van der Waals surface area contributed by atoms with Gasteiger partial charge in [-0.1, -0.05) is 13.8 Å². The third-order valence-corrected chi connectivity index (χ3v) is 3.85. The SMILES string of the molecule is CCNC1CCN(C(=O)CC(C)(C)OC)CC1C. The van der Waals surface area contributed by atoms with E-state index in [-0.39, 0.29) is 11.5 Å². The van der Waals surface area contributed by atoms with Crippen molar-refractivity contribution in [2.75, 3.05) is 26.7 Å². The van der Waals surface area contributed by atoms with Crippen LogP contribution in [0, 0.1) is 5.92 Å². The molecule has 0 aliphatic carbocycles. The van der Waals surface area contributed by atoms with Crippen LogP contribution in [-0.2, 0) is 9.53 Å². The maximum Gasteiger partial charge on any atom is 0.225 e. The van der Waals surface area contributed by atoms with Crippen molar-refractivity contribution in [2.24, 2.45) is 5.92 Å². The summed E-state index contributed by atoms with van der Waals surface area (Å²) in [7, 11) is 1.66. The van der Waals surface area contributed by atoms with E-state index in [0.29, 0.717) is 18.4 Å². The van der Waals surface area contributed by atoms with Gasteiger partial charge in [-0.05, 0) is 32.7 Å². The van der Waals surface area contributed by atoms with Crippen LogP contribution < -0.4 is 5.32 Å². The number of methoxy groups -OCH3 is 1. The fraction of sp³-hybridized carbons (Fsp3) is 0.929. The highest BCUT2D eigenvalue weighted by molar-refractivity contribution is 5.77. The van der Waals surface area contributed by atoms with Gasteiger partial charge in [0.1, 0.15) is 0 Å². The fourth-order valence-corrected chi connectivity index (χ4v) is 2.49. The Hall–Kier alpha value is -0.610. The van der Waals surface area contributed by atoms with Crippen molar-refractivity contribution in [2.45, 2.75) is 52.2 Å². The van der Waals surface area contributed by atoms with Crippen molar-refractivity contribution in [1.82, 2.24) is 10.2 Å². The minimum atomic E-state index is -0.362. The molecule has 0 saturated carbocycles. The molecule has 0 aromatic rings. The van der Waals surface area contributed by atoms with Crippen LogP contribution in [0.5, 0.6) is 0 Å². The van der Waals surface area contributed by atoms with Gasteiger partial charge in [0, 0.05) is 26.2 Å². The predicted molar refractivity (Wildman–Crippen MR) is 73.5 cm³/mol. The van der Waals surface area contributed by atoms with Crippen molar-refractivity contribution in [3.8, 4) is 0 Å². The van der Waals surface area contributed by atoms with Crippen molar-refractivity contribution < 1.29 is 9.53 Å². The van der Waals surface area contributed by atoms with Gasteiger partial charge in [-0.25, -0.2) is 0 Å². The molecule has 1 aliphatic heterocycles. The molecule has 4 nitrogen and oxygen atoms in total. The highest BCUT2D eigenvalue weighted by Crippen LogP contribution is 2.20. The normalized spacial score (nSPS) is 25.3. The number of amides is 1. The molecule has 1 heterocycles. The number of carbonyl (C=O) groups excluding carboxylic acids is 1. The Morgan fingerprint density at radius 3 is 2.67 bits per heavy atom. The van der Waals surface area contributed by atoms with Crippen LogP contribution >= 0.6 is 0 Å². The first-order chi connectivity index (χ1) is 8.39. The van der Waals surface area contributed by atoms with E-state index in [9.17, 15) is 4.79 Å². The minimum absolute atomic E-state index is 0.212. The number of nitrogens with one attached hydrogen (secondary N) is 1. The topological polar surface area (TPSA) is 41.6 Å². The Bertz CT molecular complexity index is 279. The Labute approximate surface area is 111 Å². The van der Waals surface area contributed by atoms with Gasteiger partial charge >= 0.3 is 0 Å². The van der Waals surface area contributed by atoms with Crippen molar-refractivity contribution >= 4 is 5.91 Å². The maximum atomic E-state index is 12.2.